The van der Waals surface area contributed by atoms with Gasteiger partial charge < -0.3 is 19.3 Å². The smallest absolute Gasteiger partial charge is 0.242 e. The molecule has 6 heteroatoms. The molecule has 1 fully saturated rings. The van der Waals surface area contributed by atoms with Crippen LogP contribution in [0.5, 0.6) is 0 Å². The molecule has 1 atom stereocenters. The van der Waals surface area contributed by atoms with Crippen LogP contribution in [0.3, 0.4) is 0 Å². The molecule has 1 amide bonds. The number of hydrogen-bond acceptors (Lipinski definition) is 4. The summed E-state index contributed by atoms with van der Waals surface area (Å²) < 4.78 is 7.32. The lowest BCUT2D eigenvalue weighted by atomic mass is 10.1. The van der Waals surface area contributed by atoms with Crippen LogP contribution in [0.1, 0.15) is 30.1 Å². The minimum atomic E-state index is -0.0513. The van der Waals surface area contributed by atoms with Crippen LogP contribution in [0.2, 0.25) is 0 Å². The molecule has 0 bridgehead atoms. The SMILES string of the molecule is CCCC(=O)c1cn(CC(=O)N2CCOC[C@@H](CO)C2)c2ccccc12. The van der Waals surface area contributed by atoms with Gasteiger partial charge in [-0.3, -0.25) is 9.59 Å². The van der Waals surface area contributed by atoms with Gasteiger partial charge in [-0.05, 0) is 12.5 Å². The number of nitrogens with zero attached hydrogens (tertiary/aromatic N) is 2. The van der Waals surface area contributed by atoms with Crippen LogP contribution in [-0.4, -0.2) is 59.2 Å². The number of ether oxygens (including phenoxy) is 1. The van der Waals surface area contributed by atoms with Crippen LogP contribution < -0.4 is 0 Å². The Morgan fingerprint density at radius 1 is 1.31 bits per heavy atom. The summed E-state index contributed by atoms with van der Waals surface area (Å²) in [7, 11) is 0. The number of para-hydroxylation sites is 1. The van der Waals surface area contributed by atoms with E-state index in [1.54, 1.807) is 11.1 Å². The van der Waals surface area contributed by atoms with Crippen LogP contribution in [0.25, 0.3) is 10.9 Å². The van der Waals surface area contributed by atoms with Gasteiger partial charge in [0.1, 0.15) is 6.54 Å². The minimum Gasteiger partial charge on any atom is -0.396 e. The molecule has 0 spiro atoms. The van der Waals surface area contributed by atoms with Crippen molar-refractivity contribution in [2.45, 2.75) is 26.3 Å². The summed E-state index contributed by atoms with van der Waals surface area (Å²) in [5.74, 6) is 0.0344. The molecule has 0 saturated carbocycles. The number of aliphatic hydroxyl groups is 1. The summed E-state index contributed by atoms with van der Waals surface area (Å²) in [5, 5.41) is 10.3. The van der Waals surface area contributed by atoms with E-state index in [4.69, 9.17) is 4.74 Å². The van der Waals surface area contributed by atoms with Crippen LogP contribution >= 0.6 is 0 Å². The normalized spacial score (nSPS) is 18.1. The second kappa shape index (κ2) is 8.47. The van der Waals surface area contributed by atoms with Gasteiger partial charge in [0, 0.05) is 54.7 Å². The van der Waals surface area contributed by atoms with E-state index in [0.717, 1.165) is 17.3 Å². The predicted octanol–water partition coefficient (Wildman–Crippen LogP) is 2.09. The summed E-state index contributed by atoms with van der Waals surface area (Å²) in [6, 6.07) is 7.70. The number of ketones is 1. The molecule has 1 aromatic heterocycles. The summed E-state index contributed by atoms with van der Waals surface area (Å²) in [4.78, 5) is 27.0. The minimum absolute atomic E-state index is 0.00585. The molecule has 0 radical (unpaired) electrons. The van der Waals surface area contributed by atoms with Crippen molar-refractivity contribution in [2.24, 2.45) is 5.92 Å². The molecule has 2 heterocycles. The molecule has 1 aromatic carbocycles. The molecule has 1 saturated heterocycles. The second-order valence-electron chi connectivity index (χ2n) is 6.82. The third kappa shape index (κ3) is 3.97. The highest BCUT2D eigenvalue weighted by Crippen LogP contribution is 2.23. The Morgan fingerprint density at radius 2 is 2.12 bits per heavy atom. The molecular formula is C20H26N2O4. The molecule has 0 aliphatic carbocycles. The van der Waals surface area contributed by atoms with Crippen molar-refractivity contribution in [3.8, 4) is 0 Å². The van der Waals surface area contributed by atoms with E-state index < -0.39 is 0 Å². The molecule has 3 rings (SSSR count). The number of fused-ring (bicyclic) bond motifs is 1. The summed E-state index contributed by atoms with van der Waals surface area (Å²) in [5.41, 5.74) is 1.58. The van der Waals surface area contributed by atoms with Crippen molar-refractivity contribution in [3.63, 3.8) is 0 Å². The van der Waals surface area contributed by atoms with Crippen molar-refractivity contribution < 1.29 is 19.4 Å². The molecule has 1 aliphatic rings. The van der Waals surface area contributed by atoms with E-state index in [9.17, 15) is 14.7 Å². The average molecular weight is 358 g/mol. The monoisotopic (exact) mass is 358 g/mol. The molecular weight excluding hydrogens is 332 g/mol. The highest BCUT2D eigenvalue weighted by Gasteiger charge is 2.23. The Morgan fingerprint density at radius 3 is 2.88 bits per heavy atom. The topological polar surface area (TPSA) is 71.8 Å². The zero-order valence-corrected chi connectivity index (χ0v) is 15.2. The molecule has 1 N–H and O–H groups in total. The van der Waals surface area contributed by atoms with Gasteiger partial charge in [0.05, 0.1) is 13.2 Å². The van der Waals surface area contributed by atoms with Gasteiger partial charge >= 0.3 is 0 Å². The number of aliphatic hydroxyl groups excluding tert-OH is 1. The van der Waals surface area contributed by atoms with Gasteiger partial charge in [-0.1, -0.05) is 25.1 Å². The van der Waals surface area contributed by atoms with E-state index in [1.165, 1.54) is 0 Å². The number of Topliss-reactive ketones (excluding diaryl/α,β-unsaturated/α-hetero) is 1. The van der Waals surface area contributed by atoms with Crippen molar-refractivity contribution in [1.29, 1.82) is 0 Å². The maximum Gasteiger partial charge on any atom is 0.242 e. The fourth-order valence-corrected chi connectivity index (χ4v) is 3.42. The lowest BCUT2D eigenvalue weighted by Crippen LogP contribution is -2.38. The Labute approximate surface area is 153 Å². The summed E-state index contributed by atoms with van der Waals surface area (Å²) in [6.07, 6.45) is 3.11. The highest BCUT2D eigenvalue weighted by molar-refractivity contribution is 6.08. The lowest BCUT2D eigenvalue weighted by Gasteiger charge is -2.23. The molecule has 0 unspecified atom stereocenters. The van der Waals surface area contributed by atoms with Crippen molar-refractivity contribution in [1.82, 2.24) is 9.47 Å². The first-order valence-electron chi connectivity index (χ1n) is 9.21. The van der Waals surface area contributed by atoms with Gasteiger partial charge in [-0.15, -0.1) is 0 Å². The van der Waals surface area contributed by atoms with Gasteiger partial charge in [-0.25, -0.2) is 0 Å². The van der Waals surface area contributed by atoms with Crippen LogP contribution in [-0.2, 0) is 16.1 Å². The Kier molecular flexibility index (Phi) is 6.06. The van der Waals surface area contributed by atoms with E-state index in [0.29, 0.717) is 38.3 Å². The van der Waals surface area contributed by atoms with Crippen molar-refractivity contribution in [2.75, 3.05) is 32.9 Å². The lowest BCUT2D eigenvalue weighted by molar-refractivity contribution is -0.132. The van der Waals surface area contributed by atoms with Crippen molar-refractivity contribution >= 4 is 22.6 Å². The van der Waals surface area contributed by atoms with Crippen LogP contribution in [0.15, 0.2) is 30.5 Å². The molecule has 140 valence electrons. The molecule has 1 aliphatic heterocycles. The first-order valence-corrected chi connectivity index (χ1v) is 9.21. The third-order valence-corrected chi connectivity index (χ3v) is 4.82. The Hall–Kier alpha value is -2.18. The predicted molar refractivity (Wildman–Crippen MR) is 99.2 cm³/mol. The molecule has 26 heavy (non-hydrogen) atoms. The number of carbonyl (C=O) groups excluding carboxylic acids is 2. The number of carbonyl (C=O) groups is 2. The van der Waals surface area contributed by atoms with Gasteiger partial charge in [0.25, 0.3) is 0 Å². The Balaban J connectivity index is 1.84. The maximum absolute atomic E-state index is 12.8. The molecule has 6 nitrogen and oxygen atoms in total. The standard InChI is InChI=1S/C20H26N2O4/c1-2-5-19(24)17-11-22(18-7-4-3-6-16(17)18)12-20(25)21-8-9-26-14-15(10-21)13-23/h3-4,6-7,11,15,23H,2,5,8-10,12-14H2,1H3/t15-/m1/s1. The van der Waals surface area contributed by atoms with Crippen molar-refractivity contribution in [3.05, 3.63) is 36.0 Å². The first kappa shape index (κ1) is 18.6. The largest absolute Gasteiger partial charge is 0.396 e. The quantitative estimate of drug-likeness (QED) is 0.803. The first-order chi connectivity index (χ1) is 12.6. The average Bonchev–Trinajstić information content (AvgIpc) is 2.84. The van der Waals surface area contributed by atoms with Gasteiger partial charge in [-0.2, -0.15) is 0 Å². The Bertz CT molecular complexity index is 783. The number of amides is 1. The fourth-order valence-electron chi connectivity index (χ4n) is 3.42. The number of aromatic nitrogens is 1. The van der Waals surface area contributed by atoms with E-state index in [-0.39, 0.29) is 30.8 Å². The molecule has 2 aromatic rings. The van der Waals surface area contributed by atoms with Crippen LogP contribution in [0.4, 0.5) is 0 Å². The van der Waals surface area contributed by atoms with E-state index in [1.807, 2.05) is 35.8 Å². The fraction of sp³-hybridized carbons (Fsp3) is 0.500. The summed E-state index contributed by atoms with van der Waals surface area (Å²) >= 11 is 0. The third-order valence-electron chi connectivity index (χ3n) is 4.82. The zero-order valence-electron chi connectivity index (χ0n) is 15.2. The number of rotatable bonds is 6. The number of hydrogen-bond donors (Lipinski definition) is 1. The summed E-state index contributed by atoms with van der Waals surface area (Å²) in [6.45, 7) is 4.15. The van der Waals surface area contributed by atoms with Crippen LogP contribution in [0, 0.1) is 5.92 Å². The highest BCUT2D eigenvalue weighted by atomic mass is 16.5. The van der Waals surface area contributed by atoms with E-state index in [2.05, 4.69) is 0 Å². The van der Waals surface area contributed by atoms with Gasteiger partial charge in [0.15, 0.2) is 5.78 Å². The van der Waals surface area contributed by atoms with Gasteiger partial charge in [0.2, 0.25) is 5.91 Å². The van der Waals surface area contributed by atoms with E-state index >= 15 is 0 Å². The zero-order chi connectivity index (χ0) is 18.5. The maximum atomic E-state index is 12.8. The second-order valence-corrected chi connectivity index (χ2v) is 6.82. The number of benzene rings is 1.